The highest BCUT2D eigenvalue weighted by Crippen LogP contribution is 2.38. The van der Waals surface area contributed by atoms with E-state index in [9.17, 15) is 24.5 Å². The molecule has 4 rings (SSSR count). The molecule has 0 radical (unpaired) electrons. The van der Waals surface area contributed by atoms with Gasteiger partial charge in [-0.1, -0.05) is 18.2 Å². The van der Waals surface area contributed by atoms with E-state index in [-0.39, 0.29) is 35.2 Å². The lowest BCUT2D eigenvalue weighted by Crippen LogP contribution is -2.70. The van der Waals surface area contributed by atoms with E-state index in [1.807, 2.05) is 0 Å². The predicted octanol–water partition coefficient (Wildman–Crippen LogP) is 2.24. The number of fused-ring (bicyclic) bond motifs is 1. The molecule has 31 heavy (non-hydrogen) atoms. The van der Waals surface area contributed by atoms with Gasteiger partial charge in [-0.3, -0.25) is 24.6 Å². The van der Waals surface area contributed by atoms with Gasteiger partial charge >= 0.3 is 5.97 Å². The van der Waals surface area contributed by atoms with Gasteiger partial charge in [0.2, 0.25) is 0 Å². The molecule has 2 aromatic carbocycles. The maximum atomic E-state index is 12.6. The first-order valence-corrected chi connectivity index (χ1v) is 10.4. The Bertz CT molecular complexity index is 1070. The molecule has 1 saturated heterocycles. The van der Waals surface area contributed by atoms with Crippen LogP contribution < -0.4 is 5.32 Å². The molecule has 2 aliphatic heterocycles. The van der Waals surface area contributed by atoms with Gasteiger partial charge in [0.15, 0.2) is 0 Å². The smallest absolute Gasteiger partial charge is 0.355 e. The van der Waals surface area contributed by atoms with Crippen molar-refractivity contribution in [2.45, 2.75) is 18.0 Å². The first kappa shape index (κ1) is 20.6. The van der Waals surface area contributed by atoms with Crippen LogP contribution in [0.15, 0.2) is 66.4 Å². The molecule has 0 bridgehead atoms. The quantitative estimate of drug-likeness (QED) is 0.317. The summed E-state index contributed by atoms with van der Waals surface area (Å²) < 4.78 is 5.29. The molecule has 0 aliphatic carbocycles. The second-order valence-electron chi connectivity index (χ2n) is 6.84. The summed E-state index contributed by atoms with van der Waals surface area (Å²) in [5.41, 5.74) is 1.12. The zero-order valence-corrected chi connectivity index (χ0v) is 16.9. The third-order valence-corrected chi connectivity index (χ3v) is 6.08. The van der Waals surface area contributed by atoms with Crippen LogP contribution in [-0.4, -0.2) is 44.8 Å². The van der Waals surface area contributed by atoms with Crippen LogP contribution in [-0.2, 0) is 20.9 Å². The number of benzene rings is 2. The van der Waals surface area contributed by atoms with Crippen molar-refractivity contribution in [3.63, 3.8) is 0 Å². The van der Waals surface area contributed by atoms with E-state index in [1.165, 1.54) is 40.9 Å². The molecule has 2 aliphatic rings. The molecular formula is C21H17N3O6S. The minimum absolute atomic E-state index is 0.0558. The van der Waals surface area contributed by atoms with Crippen LogP contribution in [0.5, 0.6) is 0 Å². The number of ether oxygens (including phenoxy) is 1. The highest BCUT2D eigenvalue weighted by molar-refractivity contribution is 8.00. The summed E-state index contributed by atoms with van der Waals surface area (Å²) in [5.74, 6) is -0.894. The summed E-state index contributed by atoms with van der Waals surface area (Å²) in [7, 11) is 0. The Morgan fingerprint density at radius 3 is 2.55 bits per heavy atom. The van der Waals surface area contributed by atoms with E-state index in [1.54, 1.807) is 36.4 Å². The van der Waals surface area contributed by atoms with Crippen LogP contribution >= 0.6 is 11.8 Å². The van der Waals surface area contributed by atoms with E-state index in [0.29, 0.717) is 16.9 Å². The van der Waals surface area contributed by atoms with Gasteiger partial charge in [0.05, 0.1) is 4.92 Å². The summed E-state index contributed by atoms with van der Waals surface area (Å²) in [5, 5.41) is 13.1. The van der Waals surface area contributed by atoms with E-state index in [0.717, 1.165) is 0 Å². The molecule has 1 N–H and O–H groups in total. The minimum Gasteiger partial charge on any atom is -0.456 e. The number of carbonyl (C=O) groups excluding carboxylic acids is 3. The van der Waals surface area contributed by atoms with Gasteiger partial charge in [0.25, 0.3) is 17.5 Å². The minimum atomic E-state index is -0.719. The Morgan fingerprint density at radius 2 is 1.87 bits per heavy atom. The number of β-lactam (4-membered cyclic amide) rings is 1. The molecule has 9 nitrogen and oxygen atoms in total. The van der Waals surface area contributed by atoms with Crippen molar-refractivity contribution in [3.05, 3.63) is 87.6 Å². The molecule has 10 heteroatoms. The largest absolute Gasteiger partial charge is 0.456 e. The van der Waals surface area contributed by atoms with E-state index < -0.39 is 16.9 Å². The molecular weight excluding hydrogens is 422 g/mol. The molecule has 2 amide bonds. The standard InChI is InChI=1S/C21H17N3O6S/c25-18(14-4-2-1-3-5-14)22-17-19(26)23-16(10-11-31-20(17)23)21(27)30-12-13-6-8-15(9-7-13)24(28)29/h1-10,17,20H,11-12H2,(H,22,25)/t17?,20-/m1/s1. The molecule has 2 atom stereocenters. The molecule has 1 unspecified atom stereocenters. The number of non-ortho nitro benzene ring substituents is 1. The Kier molecular flexibility index (Phi) is 5.72. The number of carbonyl (C=O) groups is 3. The lowest BCUT2D eigenvalue weighted by Gasteiger charge is -2.48. The third kappa shape index (κ3) is 4.15. The molecule has 0 saturated carbocycles. The van der Waals surface area contributed by atoms with Gasteiger partial charge in [-0.05, 0) is 35.9 Å². The highest BCUT2D eigenvalue weighted by Gasteiger charge is 2.53. The Morgan fingerprint density at radius 1 is 1.16 bits per heavy atom. The van der Waals surface area contributed by atoms with Crippen LogP contribution in [0.4, 0.5) is 5.69 Å². The summed E-state index contributed by atoms with van der Waals surface area (Å²) in [6.45, 7) is -0.0812. The molecule has 158 valence electrons. The molecule has 2 aromatic rings. The number of rotatable bonds is 6. The van der Waals surface area contributed by atoms with Crippen molar-refractivity contribution in [2.75, 3.05) is 5.75 Å². The van der Waals surface area contributed by atoms with Crippen molar-refractivity contribution in [1.29, 1.82) is 0 Å². The predicted molar refractivity (Wildman–Crippen MR) is 112 cm³/mol. The number of thioether (sulfide) groups is 1. The summed E-state index contributed by atoms with van der Waals surface area (Å²) >= 11 is 1.44. The zero-order chi connectivity index (χ0) is 22.0. The molecule has 0 spiro atoms. The fourth-order valence-electron chi connectivity index (χ4n) is 3.28. The SMILES string of the molecule is O=C(OCc1ccc([N+](=O)[O-])cc1)C1=CCS[C@@H]2C(NC(=O)c3ccccc3)C(=O)N12. The van der Waals surface area contributed by atoms with Crippen molar-refractivity contribution in [3.8, 4) is 0 Å². The summed E-state index contributed by atoms with van der Waals surface area (Å²) in [6.07, 6.45) is 1.62. The third-order valence-electron chi connectivity index (χ3n) is 4.90. The maximum Gasteiger partial charge on any atom is 0.355 e. The average Bonchev–Trinajstić information content (AvgIpc) is 2.80. The van der Waals surface area contributed by atoms with Crippen LogP contribution in [0, 0.1) is 10.1 Å². The average molecular weight is 439 g/mol. The number of hydrogen-bond acceptors (Lipinski definition) is 7. The lowest BCUT2D eigenvalue weighted by molar-refractivity contribution is -0.384. The van der Waals surface area contributed by atoms with Crippen LogP contribution in [0.2, 0.25) is 0 Å². The molecule has 2 heterocycles. The number of amides is 2. The van der Waals surface area contributed by atoms with Crippen LogP contribution in [0.1, 0.15) is 15.9 Å². The normalized spacial score (nSPS) is 19.5. The van der Waals surface area contributed by atoms with E-state index >= 15 is 0 Å². The monoisotopic (exact) mass is 439 g/mol. The highest BCUT2D eigenvalue weighted by atomic mass is 32.2. The van der Waals surface area contributed by atoms with Crippen molar-refractivity contribution in [1.82, 2.24) is 10.2 Å². The Labute approximate surface area is 181 Å². The Balaban J connectivity index is 1.36. The van der Waals surface area contributed by atoms with Gasteiger partial charge in [0, 0.05) is 23.4 Å². The van der Waals surface area contributed by atoms with Crippen molar-refractivity contribution < 1.29 is 24.0 Å². The van der Waals surface area contributed by atoms with E-state index in [4.69, 9.17) is 4.74 Å². The van der Waals surface area contributed by atoms with Crippen LogP contribution in [0.25, 0.3) is 0 Å². The van der Waals surface area contributed by atoms with Crippen molar-refractivity contribution in [2.24, 2.45) is 0 Å². The number of nitro groups is 1. The second-order valence-corrected chi connectivity index (χ2v) is 7.99. The first-order chi connectivity index (χ1) is 15.0. The van der Waals surface area contributed by atoms with E-state index in [2.05, 4.69) is 5.32 Å². The lowest BCUT2D eigenvalue weighted by atomic mass is 10.0. The number of nitrogens with zero attached hydrogens (tertiary/aromatic N) is 2. The topological polar surface area (TPSA) is 119 Å². The summed E-state index contributed by atoms with van der Waals surface area (Å²) in [4.78, 5) is 49.1. The molecule has 0 aromatic heterocycles. The number of esters is 1. The molecule has 1 fully saturated rings. The number of hydrogen-bond donors (Lipinski definition) is 1. The van der Waals surface area contributed by atoms with Gasteiger partial charge in [0.1, 0.15) is 23.7 Å². The van der Waals surface area contributed by atoms with Gasteiger partial charge in [-0.2, -0.15) is 0 Å². The van der Waals surface area contributed by atoms with Gasteiger partial charge in [-0.25, -0.2) is 4.79 Å². The fourth-order valence-corrected chi connectivity index (χ4v) is 4.47. The summed E-state index contributed by atoms with van der Waals surface area (Å²) in [6, 6.07) is 13.5. The first-order valence-electron chi connectivity index (χ1n) is 9.37. The number of nitro benzene ring substituents is 1. The second kappa shape index (κ2) is 8.60. The number of nitrogens with one attached hydrogen (secondary N) is 1. The zero-order valence-electron chi connectivity index (χ0n) is 16.1. The van der Waals surface area contributed by atoms with Crippen LogP contribution in [0.3, 0.4) is 0 Å². The van der Waals surface area contributed by atoms with Gasteiger partial charge < -0.3 is 10.1 Å². The fraction of sp³-hybridized carbons (Fsp3) is 0.190. The van der Waals surface area contributed by atoms with Gasteiger partial charge in [-0.15, -0.1) is 11.8 Å². The maximum absolute atomic E-state index is 12.6. The van der Waals surface area contributed by atoms with Crippen molar-refractivity contribution >= 4 is 35.2 Å². The Hall–Kier alpha value is -3.66.